The number of amides is 1. The Hall–Kier alpha value is -4.57. The minimum atomic E-state index is -4.20. The van der Waals surface area contributed by atoms with Gasteiger partial charge in [0, 0.05) is 10.2 Å². The minimum Gasteiger partial charge on any atom is -0.342 e. The molecule has 1 N–H and O–H groups in total. The number of anilines is 1. The summed E-state index contributed by atoms with van der Waals surface area (Å²) in [7, 11) is -4.20. The second-order valence-electron chi connectivity index (χ2n) is 11.5. The van der Waals surface area contributed by atoms with Crippen LogP contribution in [0.25, 0.3) is 0 Å². The lowest BCUT2D eigenvalue weighted by molar-refractivity contribution is -0.198. The second kappa shape index (κ2) is 12.0. The van der Waals surface area contributed by atoms with Crippen LogP contribution < -0.4 is 5.32 Å². The summed E-state index contributed by atoms with van der Waals surface area (Å²) >= 11 is 3.55. The van der Waals surface area contributed by atoms with Gasteiger partial charge in [-0.3, -0.25) is 9.63 Å². The molecule has 2 aliphatic heterocycles. The van der Waals surface area contributed by atoms with Crippen molar-refractivity contribution in [3.05, 3.63) is 166 Å². The number of para-hydroxylation sites is 1. The van der Waals surface area contributed by atoms with Gasteiger partial charge in [0.15, 0.2) is 0 Å². The van der Waals surface area contributed by atoms with Crippen LogP contribution in [0.4, 0.5) is 5.69 Å². The van der Waals surface area contributed by atoms with Crippen LogP contribution in [-0.4, -0.2) is 25.2 Å². The molecule has 46 heavy (non-hydrogen) atoms. The van der Waals surface area contributed by atoms with Gasteiger partial charge in [-0.15, -0.1) is 4.40 Å². The lowest BCUT2D eigenvalue weighted by atomic mass is 9.64. The Morgan fingerprint density at radius 2 is 1.43 bits per heavy atom. The number of aryl methyl sites for hydroxylation is 1. The van der Waals surface area contributed by atoms with Crippen LogP contribution in [0, 0.1) is 6.92 Å². The number of halogens is 1. The van der Waals surface area contributed by atoms with E-state index in [1.165, 1.54) is 5.06 Å². The number of nitrogens with zero attached hydrogens (tertiary/aromatic N) is 2. The van der Waals surface area contributed by atoms with Crippen molar-refractivity contribution in [2.75, 3.05) is 5.32 Å². The first-order valence-electron chi connectivity index (χ1n) is 14.9. The van der Waals surface area contributed by atoms with Crippen molar-refractivity contribution < 1.29 is 18.0 Å². The van der Waals surface area contributed by atoms with Gasteiger partial charge in [-0.1, -0.05) is 125 Å². The van der Waals surface area contributed by atoms with Gasteiger partial charge in [0.2, 0.25) is 0 Å². The Kier molecular flexibility index (Phi) is 7.84. The van der Waals surface area contributed by atoms with Crippen LogP contribution in [0.15, 0.2) is 147 Å². The summed E-state index contributed by atoms with van der Waals surface area (Å²) in [5.41, 5.74) is 3.44. The number of fused-ring (bicyclic) bond motifs is 2. The number of benzene rings is 5. The summed E-state index contributed by atoms with van der Waals surface area (Å²) < 4.78 is 33.5. The molecule has 1 spiro atoms. The summed E-state index contributed by atoms with van der Waals surface area (Å²) in [6, 6.07) is 40.2. The van der Waals surface area contributed by atoms with Crippen molar-refractivity contribution in [1.82, 2.24) is 5.06 Å². The van der Waals surface area contributed by atoms with E-state index in [4.69, 9.17) is 4.84 Å². The molecule has 9 heteroatoms. The molecule has 0 bridgehead atoms. The molecule has 1 fully saturated rings. The molecule has 0 aromatic heterocycles. The van der Waals surface area contributed by atoms with E-state index < -0.39 is 27.4 Å². The van der Waals surface area contributed by atoms with E-state index in [1.807, 2.05) is 116 Å². The van der Waals surface area contributed by atoms with Crippen LogP contribution in [0.1, 0.15) is 39.8 Å². The summed E-state index contributed by atoms with van der Waals surface area (Å²) in [4.78, 5) is 21.5. The Balaban J connectivity index is 1.51. The first-order valence-corrected chi connectivity index (χ1v) is 17.1. The van der Waals surface area contributed by atoms with Gasteiger partial charge in [0.25, 0.3) is 15.9 Å². The molecule has 1 amide bonds. The summed E-state index contributed by atoms with van der Waals surface area (Å²) in [6.45, 7) is 2.04. The van der Waals surface area contributed by atoms with Crippen LogP contribution in [-0.2, 0) is 31.7 Å². The monoisotopic (exact) mass is 691 g/mol. The standard InChI is InChI=1S/C37H30BrN3O4S/c1-25-16-22-30(23-17-25)46(43,44)40-36-37(31-14-8-9-15-32(31)39-36)33(27-12-6-3-7-13-27)35(42)41(45-24-26-10-4-2-5-11-26)34(37)28-18-20-29(38)21-19-28/h2-23,33-34H,24H2,1H3,(H,39,40). The molecule has 1 saturated heterocycles. The average Bonchev–Trinajstić information content (AvgIpc) is 3.51. The molecule has 0 aliphatic carbocycles. The molecular formula is C37H30BrN3O4S. The van der Waals surface area contributed by atoms with Crippen LogP contribution in [0.2, 0.25) is 0 Å². The van der Waals surface area contributed by atoms with Gasteiger partial charge in [-0.2, -0.15) is 8.42 Å². The average molecular weight is 693 g/mol. The molecule has 0 radical (unpaired) electrons. The molecular weight excluding hydrogens is 662 g/mol. The number of hydroxylamine groups is 2. The van der Waals surface area contributed by atoms with E-state index in [2.05, 4.69) is 25.6 Å². The summed E-state index contributed by atoms with van der Waals surface area (Å²) in [5.74, 6) is -1.01. The van der Waals surface area contributed by atoms with E-state index in [0.717, 1.165) is 32.3 Å². The smallest absolute Gasteiger partial charge is 0.283 e. The second-order valence-corrected chi connectivity index (χ2v) is 14.0. The van der Waals surface area contributed by atoms with Gasteiger partial charge in [-0.05, 0) is 59.5 Å². The third-order valence-corrected chi connectivity index (χ3v) is 10.5. The Morgan fingerprint density at radius 3 is 2.13 bits per heavy atom. The third-order valence-electron chi connectivity index (χ3n) is 8.67. The number of rotatable bonds is 7. The minimum absolute atomic E-state index is 0.0662. The van der Waals surface area contributed by atoms with Gasteiger partial charge in [-0.25, -0.2) is 5.06 Å². The Labute approximate surface area is 276 Å². The van der Waals surface area contributed by atoms with Crippen molar-refractivity contribution >= 4 is 43.4 Å². The number of sulfonamides is 1. The molecule has 7 nitrogen and oxygen atoms in total. The zero-order chi connectivity index (χ0) is 31.9. The number of nitrogens with one attached hydrogen (secondary N) is 1. The summed E-state index contributed by atoms with van der Waals surface area (Å²) in [5, 5.41) is 4.79. The molecule has 7 rings (SSSR count). The zero-order valence-electron chi connectivity index (χ0n) is 24.9. The topological polar surface area (TPSA) is 88.1 Å². The van der Waals surface area contributed by atoms with Crippen LogP contribution in [0.5, 0.6) is 0 Å². The van der Waals surface area contributed by atoms with Crippen LogP contribution in [0.3, 0.4) is 0 Å². The fraction of sp³-hybridized carbons (Fsp3) is 0.135. The van der Waals surface area contributed by atoms with E-state index >= 15 is 0 Å². The first-order chi connectivity index (χ1) is 22.3. The maximum atomic E-state index is 14.9. The van der Waals surface area contributed by atoms with Crippen molar-refractivity contribution in [2.45, 2.75) is 35.8 Å². The largest absolute Gasteiger partial charge is 0.342 e. The molecule has 5 aromatic rings. The fourth-order valence-electron chi connectivity index (χ4n) is 6.60. The molecule has 230 valence electrons. The van der Waals surface area contributed by atoms with Crippen molar-refractivity contribution in [3.8, 4) is 0 Å². The molecule has 3 unspecified atom stereocenters. The normalized spacial score (nSPS) is 21.5. The lowest BCUT2D eigenvalue weighted by Gasteiger charge is -2.37. The number of hydrogen-bond acceptors (Lipinski definition) is 4. The number of hydrogen-bond donors (Lipinski definition) is 1. The molecule has 2 heterocycles. The lowest BCUT2D eigenvalue weighted by Crippen LogP contribution is -2.44. The third kappa shape index (κ3) is 5.14. The Bertz CT molecular complexity index is 2040. The fourth-order valence-corrected chi connectivity index (χ4v) is 7.89. The van der Waals surface area contributed by atoms with E-state index in [0.29, 0.717) is 5.69 Å². The first kappa shape index (κ1) is 30.1. The van der Waals surface area contributed by atoms with E-state index in [1.54, 1.807) is 24.3 Å². The summed E-state index contributed by atoms with van der Waals surface area (Å²) in [6.07, 6.45) is 0. The van der Waals surface area contributed by atoms with Gasteiger partial charge in [0.1, 0.15) is 18.5 Å². The number of amidine groups is 1. The predicted molar refractivity (Wildman–Crippen MR) is 182 cm³/mol. The highest BCUT2D eigenvalue weighted by Crippen LogP contribution is 2.61. The van der Waals surface area contributed by atoms with Gasteiger partial charge >= 0.3 is 0 Å². The van der Waals surface area contributed by atoms with Crippen molar-refractivity contribution in [1.29, 1.82) is 0 Å². The van der Waals surface area contributed by atoms with E-state index in [9.17, 15) is 13.2 Å². The molecule has 5 aromatic carbocycles. The Morgan fingerprint density at radius 1 is 0.804 bits per heavy atom. The highest BCUT2D eigenvalue weighted by atomic mass is 79.9. The van der Waals surface area contributed by atoms with E-state index in [-0.39, 0.29) is 23.2 Å². The predicted octanol–water partition coefficient (Wildman–Crippen LogP) is 7.71. The van der Waals surface area contributed by atoms with Crippen molar-refractivity contribution in [3.63, 3.8) is 0 Å². The van der Waals surface area contributed by atoms with Gasteiger partial charge < -0.3 is 5.32 Å². The molecule has 3 atom stereocenters. The van der Waals surface area contributed by atoms with Crippen molar-refractivity contribution in [2.24, 2.45) is 4.40 Å². The number of carbonyl (C=O) groups excluding carboxylic acids is 1. The van der Waals surface area contributed by atoms with Gasteiger partial charge in [0.05, 0.1) is 16.2 Å². The zero-order valence-corrected chi connectivity index (χ0v) is 27.3. The SMILES string of the molecule is Cc1ccc(S(=O)(=O)/N=C2\Nc3ccccc3C23C(c2ccccc2)C(=O)N(OCc2ccccc2)C3c2ccc(Br)cc2)cc1. The maximum Gasteiger partial charge on any atom is 0.283 e. The maximum absolute atomic E-state index is 14.9. The van der Waals surface area contributed by atoms with Crippen LogP contribution >= 0.6 is 15.9 Å². The highest BCUT2D eigenvalue weighted by Gasteiger charge is 2.67. The number of carbonyl (C=O) groups is 1. The molecule has 2 aliphatic rings. The molecule has 0 saturated carbocycles. The quantitative estimate of drug-likeness (QED) is 0.189. The highest BCUT2D eigenvalue weighted by molar-refractivity contribution is 9.10.